The van der Waals surface area contributed by atoms with E-state index in [0.29, 0.717) is 25.3 Å². The number of nitrogens with one attached hydrogen (secondary N) is 1. The summed E-state index contributed by atoms with van der Waals surface area (Å²) in [6, 6.07) is 7.36. The largest absolute Gasteiger partial charge is 0.491 e. The Morgan fingerprint density at radius 2 is 2.10 bits per heavy atom. The molecule has 0 saturated carbocycles. The van der Waals surface area contributed by atoms with Gasteiger partial charge in [0.15, 0.2) is 9.84 Å². The molecule has 1 fully saturated rings. The van der Waals surface area contributed by atoms with Crippen LogP contribution in [0.25, 0.3) is 0 Å². The molecule has 118 valence electrons. The minimum Gasteiger partial charge on any atom is -0.491 e. The average molecular weight is 378 g/mol. The minimum absolute atomic E-state index is 0.173. The molecule has 1 aromatic rings. The highest BCUT2D eigenvalue weighted by Gasteiger charge is 2.30. The van der Waals surface area contributed by atoms with Crippen molar-refractivity contribution in [3.05, 3.63) is 28.7 Å². The normalized spacial score (nSPS) is 22.1. The van der Waals surface area contributed by atoms with Crippen LogP contribution in [0.5, 0.6) is 5.75 Å². The van der Waals surface area contributed by atoms with Crippen LogP contribution in [0.15, 0.2) is 28.7 Å². The van der Waals surface area contributed by atoms with Crippen molar-refractivity contribution < 1.29 is 18.3 Å². The van der Waals surface area contributed by atoms with Crippen LogP contribution in [0.4, 0.5) is 0 Å². The highest BCUT2D eigenvalue weighted by atomic mass is 79.9. The number of aliphatic hydroxyl groups excluding tert-OH is 1. The Balaban J connectivity index is 1.66. The molecular weight excluding hydrogens is 358 g/mol. The molecule has 2 unspecified atom stereocenters. The maximum atomic E-state index is 11.6. The Morgan fingerprint density at radius 3 is 2.71 bits per heavy atom. The minimum atomic E-state index is -2.92. The first-order chi connectivity index (χ1) is 9.97. The zero-order valence-electron chi connectivity index (χ0n) is 11.7. The van der Waals surface area contributed by atoms with E-state index in [1.165, 1.54) is 0 Å². The molecule has 0 bridgehead atoms. The van der Waals surface area contributed by atoms with Gasteiger partial charge in [0, 0.05) is 17.6 Å². The van der Waals surface area contributed by atoms with Gasteiger partial charge in [-0.2, -0.15) is 0 Å². The molecule has 0 aliphatic carbocycles. The number of sulfone groups is 1. The van der Waals surface area contributed by atoms with Gasteiger partial charge in [0.25, 0.3) is 0 Å². The summed E-state index contributed by atoms with van der Waals surface area (Å²) in [6.45, 7) is 0.895. The predicted octanol–water partition coefficient (Wildman–Crippen LogP) is 1.36. The van der Waals surface area contributed by atoms with Crippen LogP contribution < -0.4 is 10.1 Å². The smallest absolute Gasteiger partial charge is 0.154 e. The fourth-order valence-electron chi connectivity index (χ4n) is 2.28. The summed E-state index contributed by atoms with van der Waals surface area (Å²) < 4.78 is 29.7. The number of rotatable bonds is 7. The lowest BCUT2D eigenvalue weighted by Gasteiger charge is -2.15. The van der Waals surface area contributed by atoms with Crippen LogP contribution in [0, 0.1) is 0 Å². The molecule has 7 heteroatoms. The SMILES string of the molecule is O=S1(=O)CCCC1CNCC(O)COc1ccc(Br)cc1. The third-order valence-electron chi connectivity index (χ3n) is 3.47. The van der Waals surface area contributed by atoms with Crippen LogP contribution in [0.1, 0.15) is 12.8 Å². The Kier molecular flexibility index (Phi) is 6.04. The third kappa shape index (κ3) is 5.25. The van der Waals surface area contributed by atoms with Crippen molar-refractivity contribution in [3.63, 3.8) is 0 Å². The van der Waals surface area contributed by atoms with Crippen LogP contribution in [0.3, 0.4) is 0 Å². The zero-order valence-corrected chi connectivity index (χ0v) is 14.1. The van der Waals surface area contributed by atoms with Crippen LogP contribution in [-0.2, 0) is 9.84 Å². The second-order valence-corrected chi connectivity index (χ2v) is 8.52. The summed E-state index contributed by atoms with van der Waals surface area (Å²) in [5, 5.41) is 12.5. The van der Waals surface area contributed by atoms with Gasteiger partial charge in [0.1, 0.15) is 18.5 Å². The van der Waals surface area contributed by atoms with Gasteiger partial charge in [0.2, 0.25) is 0 Å². The van der Waals surface area contributed by atoms with E-state index in [1.807, 2.05) is 24.3 Å². The molecule has 0 radical (unpaired) electrons. The predicted molar refractivity (Wildman–Crippen MR) is 85.3 cm³/mol. The first-order valence-electron chi connectivity index (χ1n) is 6.96. The fourth-order valence-corrected chi connectivity index (χ4v) is 4.34. The monoisotopic (exact) mass is 377 g/mol. The molecule has 1 aliphatic heterocycles. The van der Waals surface area contributed by atoms with Gasteiger partial charge in [-0.15, -0.1) is 0 Å². The summed E-state index contributed by atoms with van der Waals surface area (Å²) in [6.07, 6.45) is 0.780. The molecule has 1 aromatic carbocycles. The molecule has 0 aromatic heterocycles. The number of hydrogen-bond acceptors (Lipinski definition) is 5. The first kappa shape index (κ1) is 16.7. The number of benzene rings is 1. The first-order valence-corrected chi connectivity index (χ1v) is 9.47. The zero-order chi connectivity index (χ0) is 15.3. The van der Waals surface area contributed by atoms with E-state index in [9.17, 15) is 13.5 Å². The van der Waals surface area contributed by atoms with Crippen molar-refractivity contribution in [1.82, 2.24) is 5.32 Å². The van der Waals surface area contributed by atoms with Crippen molar-refractivity contribution in [2.24, 2.45) is 0 Å². The Morgan fingerprint density at radius 1 is 1.38 bits per heavy atom. The van der Waals surface area contributed by atoms with E-state index >= 15 is 0 Å². The van der Waals surface area contributed by atoms with Crippen molar-refractivity contribution >= 4 is 25.8 Å². The van der Waals surface area contributed by atoms with Gasteiger partial charge in [-0.05, 0) is 37.1 Å². The summed E-state index contributed by atoms with van der Waals surface area (Å²) in [5.41, 5.74) is 0. The summed E-state index contributed by atoms with van der Waals surface area (Å²) >= 11 is 3.34. The van der Waals surface area contributed by atoms with Crippen molar-refractivity contribution in [3.8, 4) is 5.75 Å². The van der Waals surface area contributed by atoms with Gasteiger partial charge in [0.05, 0.1) is 11.0 Å². The molecule has 2 N–H and O–H groups in total. The van der Waals surface area contributed by atoms with Crippen molar-refractivity contribution in [2.45, 2.75) is 24.2 Å². The van der Waals surface area contributed by atoms with E-state index in [0.717, 1.165) is 10.9 Å². The molecule has 1 aliphatic rings. The van der Waals surface area contributed by atoms with E-state index in [4.69, 9.17) is 4.74 Å². The quantitative estimate of drug-likeness (QED) is 0.749. The average Bonchev–Trinajstić information content (AvgIpc) is 2.77. The van der Waals surface area contributed by atoms with Gasteiger partial charge >= 0.3 is 0 Å². The third-order valence-corrected chi connectivity index (χ3v) is 6.28. The van der Waals surface area contributed by atoms with Crippen LogP contribution in [0.2, 0.25) is 0 Å². The van der Waals surface area contributed by atoms with Gasteiger partial charge < -0.3 is 15.2 Å². The lowest BCUT2D eigenvalue weighted by atomic mass is 10.2. The van der Waals surface area contributed by atoms with Crippen molar-refractivity contribution in [2.75, 3.05) is 25.4 Å². The molecule has 0 spiro atoms. The molecule has 2 atom stereocenters. The summed E-state index contributed by atoms with van der Waals surface area (Å²) in [5.74, 6) is 0.977. The molecule has 1 heterocycles. The summed E-state index contributed by atoms with van der Waals surface area (Å²) in [4.78, 5) is 0. The van der Waals surface area contributed by atoms with Crippen molar-refractivity contribution in [1.29, 1.82) is 0 Å². The lowest BCUT2D eigenvalue weighted by molar-refractivity contribution is 0.106. The lowest BCUT2D eigenvalue weighted by Crippen LogP contribution is -2.37. The van der Waals surface area contributed by atoms with Gasteiger partial charge in [-0.3, -0.25) is 0 Å². The summed E-state index contributed by atoms with van der Waals surface area (Å²) in [7, 11) is -2.92. The second kappa shape index (κ2) is 7.58. The number of halogens is 1. The molecule has 5 nitrogen and oxygen atoms in total. The standard InChI is InChI=1S/C14H20BrNO4S/c15-11-3-5-13(6-4-11)20-10-12(17)8-16-9-14-2-1-7-21(14,18)19/h3-6,12,14,16-17H,1-2,7-10H2. The number of ether oxygens (including phenoxy) is 1. The highest BCUT2D eigenvalue weighted by Crippen LogP contribution is 2.19. The highest BCUT2D eigenvalue weighted by molar-refractivity contribution is 9.10. The van der Waals surface area contributed by atoms with E-state index in [2.05, 4.69) is 21.2 Å². The maximum absolute atomic E-state index is 11.6. The van der Waals surface area contributed by atoms with Gasteiger partial charge in [-0.25, -0.2) is 8.42 Å². The Labute approximate surface area is 133 Å². The molecule has 1 saturated heterocycles. The number of hydrogen-bond donors (Lipinski definition) is 2. The van der Waals surface area contributed by atoms with Crippen LogP contribution >= 0.6 is 15.9 Å². The fraction of sp³-hybridized carbons (Fsp3) is 0.571. The molecule has 0 amide bonds. The van der Waals surface area contributed by atoms with Crippen LogP contribution in [-0.4, -0.2) is 50.3 Å². The maximum Gasteiger partial charge on any atom is 0.154 e. The number of aliphatic hydroxyl groups is 1. The molecule has 21 heavy (non-hydrogen) atoms. The Bertz CT molecular complexity index is 547. The van der Waals surface area contributed by atoms with E-state index in [-0.39, 0.29) is 17.6 Å². The van der Waals surface area contributed by atoms with E-state index < -0.39 is 15.9 Å². The topological polar surface area (TPSA) is 75.6 Å². The van der Waals surface area contributed by atoms with Gasteiger partial charge in [-0.1, -0.05) is 15.9 Å². The molecule has 2 rings (SSSR count). The molecular formula is C14H20BrNO4S. The second-order valence-electron chi connectivity index (χ2n) is 5.21. The Hall–Kier alpha value is -0.630. The van der Waals surface area contributed by atoms with E-state index in [1.54, 1.807) is 0 Å².